The van der Waals surface area contributed by atoms with Gasteiger partial charge in [0.1, 0.15) is 5.82 Å². The van der Waals surface area contributed by atoms with E-state index in [1.807, 2.05) is 0 Å². The second kappa shape index (κ2) is 8.34. The van der Waals surface area contributed by atoms with Crippen molar-refractivity contribution in [2.75, 3.05) is 0 Å². The minimum atomic E-state index is -1.35. The van der Waals surface area contributed by atoms with Gasteiger partial charge in [-0.1, -0.05) is 29.8 Å². The zero-order valence-corrected chi connectivity index (χ0v) is 12.6. The lowest BCUT2D eigenvalue weighted by molar-refractivity contribution is -0.142. The van der Waals surface area contributed by atoms with Crippen molar-refractivity contribution in [2.24, 2.45) is 5.92 Å². The molecule has 6 heteroatoms. The molecule has 1 rings (SSSR count). The highest BCUT2D eigenvalue weighted by Gasteiger charge is 2.26. The van der Waals surface area contributed by atoms with Crippen LogP contribution >= 0.6 is 11.6 Å². The van der Waals surface area contributed by atoms with Crippen LogP contribution in [0.3, 0.4) is 0 Å². The van der Waals surface area contributed by atoms with Crippen LogP contribution in [-0.2, 0) is 9.59 Å². The standard InChI is InChI=1S/C16H17ClFNO3/c1-3-5-10(6-4-2)15(20)19-14(16(21)22)11-7-8-12(17)13(18)9-11/h3-4,7-10,14H,1-2,5-6H2,(H,19,20)(H,21,22). The molecule has 0 aliphatic rings. The monoisotopic (exact) mass is 325 g/mol. The molecular weight excluding hydrogens is 309 g/mol. The first-order valence-electron chi connectivity index (χ1n) is 6.60. The molecule has 0 spiro atoms. The highest BCUT2D eigenvalue weighted by Crippen LogP contribution is 2.21. The molecule has 0 aromatic heterocycles. The number of aliphatic carboxylic acids is 1. The summed E-state index contributed by atoms with van der Waals surface area (Å²) in [5, 5.41) is 11.6. The molecule has 0 saturated carbocycles. The molecule has 2 N–H and O–H groups in total. The smallest absolute Gasteiger partial charge is 0.330 e. The summed E-state index contributed by atoms with van der Waals surface area (Å²) in [7, 11) is 0. The molecule has 0 bridgehead atoms. The quantitative estimate of drug-likeness (QED) is 0.719. The van der Waals surface area contributed by atoms with Gasteiger partial charge in [-0.3, -0.25) is 4.79 Å². The zero-order valence-electron chi connectivity index (χ0n) is 11.9. The number of carboxylic acids is 1. The number of carbonyl (C=O) groups excluding carboxylic acids is 1. The third-order valence-electron chi connectivity index (χ3n) is 3.08. The molecular formula is C16H17ClFNO3. The van der Waals surface area contributed by atoms with Crippen molar-refractivity contribution in [1.82, 2.24) is 5.32 Å². The molecule has 22 heavy (non-hydrogen) atoms. The summed E-state index contributed by atoms with van der Waals surface area (Å²) >= 11 is 5.57. The maximum absolute atomic E-state index is 13.5. The van der Waals surface area contributed by atoms with Crippen LogP contribution < -0.4 is 5.32 Å². The molecule has 0 saturated heterocycles. The van der Waals surface area contributed by atoms with E-state index in [-0.39, 0.29) is 10.6 Å². The van der Waals surface area contributed by atoms with Crippen LogP contribution in [0.4, 0.5) is 4.39 Å². The maximum atomic E-state index is 13.5. The Bertz CT molecular complexity index is 579. The Morgan fingerprint density at radius 3 is 2.36 bits per heavy atom. The van der Waals surface area contributed by atoms with Crippen LogP contribution in [0.15, 0.2) is 43.5 Å². The van der Waals surface area contributed by atoms with Gasteiger partial charge in [0.15, 0.2) is 6.04 Å². The van der Waals surface area contributed by atoms with Gasteiger partial charge in [0.05, 0.1) is 5.02 Å². The molecule has 1 unspecified atom stereocenters. The van der Waals surface area contributed by atoms with E-state index < -0.39 is 29.7 Å². The number of carbonyl (C=O) groups is 2. The molecule has 1 amide bonds. The van der Waals surface area contributed by atoms with Gasteiger partial charge in [-0.25, -0.2) is 9.18 Å². The van der Waals surface area contributed by atoms with Crippen molar-refractivity contribution >= 4 is 23.5 Å². The highest BCUT2D eigenvalue weighted by molar-refractivity contribution is 6.30. The van der Waals surface area contributed by atoms with E-state index in [1.165, 1.54) is 12.1 Å². The van der Waals surface area contributed by atoms with Crippen LogP contribution in [0, 0.1) is 11.7 Å². The number of allylic oxidation sites excluding steroid dienone is 2. The van der Waals surface area contributed by atoms with E-state index in [1.54, 1.807) is 12.2 Å². The Morgan fingerprint density at radius 1 is 1.32 bits per heavy atom. The number of hydrogen-bond acceptors (Lipinski definition) is 2. The van der Waals surface area contributed by atoms with Gasteiger partial charge < -0.3 is 10.4 Å². The lowest BCUT2D eigenvalue weighted by atomic mass is 9.99. The minimum Gasteiger partial charge on any atom is -0.479 e. The highest BCUT2D eigenvalue weighted by atomic mass is 35.5. The van der Waals surface area contributed by atoms with Gasteiger partial charge in [0, 0.05) is 5.92 Å². The third kappa shape index (κ3) is 4.70. The lowest BCUT2D eigenvalue weighted by Crippen LogP contribution is -2.37. The normalized spacial score (nSPS) is 11.8. The Hall–Kier alpha value is -2.14. The van der Waals surface area contributed by atoms with Crippen molar-refractivity contribution in [3.8, 4) is 0 Å². The van der Waals surface area contributed by atoms with E-state index in [2.05, 4.69) is 18.5 Å². The van der Waals surface area contributed by atoms with E-state index in [0.29, 0.717) is 12.8 Å². The number of benzene rings is 1. The molecule has 0 radical (unpaired) electrons. The summed E-state index contributed by atoms with van der Waals surface area (Å²) in [6.07, 6.45) is 3.93. The van der Waals surface area contributed by atoms with Crippen molar-refractivity contribution < 1.29 is 19.1 Å². The molecule has 0 fully saturated rings. The average Bonchev–Trinajstić information content (AvgIpc) is 2.47. The average molecular weight is 326 g/mol. The third-order valence-corrected chi connectivity index (χ3v) is 3.39. The van der Waals surface area contributed by atoms with Crippen LogP contribution in [-0.4, -0.2) is 17.0 Å². The number of carboxylic acid groups (broad SMARTS) is 1. The van der Waals surface area contributed by atoms with Gasteiger partial charge >= 0.3 is 5.97 Å². The first kappa shape index (κ1) is 17.9. The fourth-order valence-corrected chi connectivity index (χ4v) is 2.07. The largest absolute Gasteiger partial charge is 0.479 e. The zero-order chi connectivity index (χ0) is 16.7. The number of nitrogens with one attached hydrogen (secondary N) is 1. The summed E-state index contributed by atoms with van der Waals surface area (Å²) in [5.41, 5.74) is 0.110. The van der Waals surface area contributed by atoms with Gasteiger partial charge in [-0.15, -0.1) is 13.2 Å². The first-order chi connectivity index (χ1) is 10.4. The fraction of sp³-hybridized carbons (Fsp3) is 0.250. The Morgan fingerprint density at radius 2 is 1.91 bits per heavy atom. The summed E-state index contributed by atoms with van der Waals surface area (Å²) < 4.78 is 13.5. The van der Waals surface area contributed by atoms with E-state index in [9.17, 15) is 19.1 Å². The van der Waals surface area contributed by atoms with E-state index in [0.717, 1.165) is 6.07 Å². The Labute approximate surface area is 133 Å². The Kier molecular flexibility index (Phi) is 6.79. The number of amides is 1. The molecule has 1 atom stereocenters. The van der Waals surface area contributed by atoms with Gasteiger partial charge in [-0.2, -0.15) is 0 Å². The maximum Gasteiger partial charge on any atom is 0.330 e. The van der Waals surface area contributed by atoms with Crippen molar-refractivity contribution in [1.29, 1.82) is 0 Å². The van der Waals surface area contributed by atoms with Crippen molar-refractivity contribution in [3.05, 3.63) is 59.9 Å². The van der Waals surface area contributed by atoms with Crippen LogP contribution in [0.2, 0.25) is 5.02 Å². The van der Waals surface area contributed by atoms with E-state index in [4.69, 9.17) is 11.6 Å². The minimum absolute atomic E-state index is 0.110. The molecule has 0 heterocycles. The van der Waals surface area contributed by atoms with Crippen LogP contribution in [0.25, 0.3) is 0 Å². The predicted octanol–water partition coefficient (Wildman–Crippen LogP) is 3.49. The molecule has 1 aromatic carbocycles. The van der Waals surface area contributed by atoms with Crippen LogP contribution in [0.1, 0.15) is 24.4 Å². The number of halogens is 2. The second-order valence-electron chi connectivity index (χ2n) is 4.70. The lowest BCUT2D eigenvalue weighted by Gasteiger charge is -2.19. The predicted molar refractivity (Wildman–Crippen MR) is 83.0 cm³/mol. The molecule has 0 aliphatic heterocycles. The van der Waals surface area contributed by atoms with Crippen LogP contribution in [0.5, 0.6) is 0 Å². The first-order valence-corrected chi connectivity index (χ1v) is 6.98. The molecule has 118 valence electrons. The summed E-state index contributed by atoms with van der Waals surface area (Å²) in [4.78, 5) is 23.5. The Balaban J connectivity index is 2.98. The number of rotatable bonds is 8. The fourth-order valence-electron chi connectivity index (χ4n) is 1.95. The van der Waals surface area contributed by atoms with Gasteiger partial charge in [0.2, 0.25) is 5.91 Å². The SMILES string of the molecule is C=CCC(CC=C)C(=O)NC(C(=O)O)c1ccc(Cl)c(F)c1. The van der Waals surface area contributed by atoms with Gasteiger partial charge in [0.25, 0.3) is 0 Å². The summed E-state index contributed by atoms with van der Waals surface area (Å²) in [6, 6.07) is 2.26. The molecule has 4 nitrogen and oxygen atoms in total. The topological polar surface area (TPSA) is 66.4 Å². The molecule has 0 aliphatic carbocycles. The van der Waals surface area contributed by atoms with Gasteiger partial charge in [-0.05, 0) is 30.5 Å². The second-order valence-corrected chi connectivity index (χ2v) is 5.11. The van der Waals surface area contributed by atoms with Crippen molar-refractivity contribution in [2.45, 2.75) is 18.9 Å². The van der Waals surface area contributed by atoms with E-state index >= 15 is 0 Å². The summed E-state index contributed by atoms with van der Waals surface area (Å²) in [6.45, 7) is 7.13. The summed E-state index contributed by atoms with van der Waals surface area (Å²) in [5.74, 6) is -2.95. The molecule has 1 aromatic rings. The van der Waals surface area contributed by atoms with Crippen molar-refractivity contribution in [3.63, 3.8) is 0 Å². The number of hydrogen-bond donors (Lipinski definition) is 2.